The van der Waals surface area contributed by atoms with Gasteiger partial charge >= 0.3 is 5.97 Å². The van der Waals surface area contributed by atoms with E-state index in [-0.39, 0.29) is 5.56 Å². The first-order valence-corrected chi connectivity index (χ1v) is 6.16. The van der Waals surface area contributed by atoms with Gasteiger partial charge in [0.1, 0.15) is 0 Å². The van der Waals surface area contributed by atoms with Crippen molar-refractivity contribution in [2.24, 2.45) is 0 Å². The lowest BCUT2D eigenvalue weighted by atomic mass is 10.1. The summed E-state index contributed by atoms with van der Waals surface area (Å²) in [7, 11) is 0. The van der Waals surface area contributed by atoms with E-state index in [4.69, 9.17) is 9.84 Å². The third-order valence-electron chi connectivity index (χ3n) is 2.92. The van der Waals surface area contributed by atoms with Gasteiger partial charge in [0.15, 0.2) is 0 Å². The summed E-state index contributed by atoms with van der Waals surface area (Å²) in [6, 6.07) is 0. The fourth-order valence-corrected chi connectivity index (χ4v) is 1.91. The molecule has 6 nitrogen and oxygen atoms in total. The molecule has 1 unspecified atom stereocenters. The number of carbonyl (C=O) groups is 1. The molecule has 1 aromatic rings. The van der Waals surface area contributed by atoms with E-state index in [2.05, 4.69) is 15.3 Å². The van der Waals surface area contributed by atoms with E-state index in [1.165, 1.54) is 18.8 Å². The first-order valence-electron chi connectivity index (χ1n) is 6.16. The largest absolute Gasteiger partial charge is 0.478 e. The van der Waals surface area contributed by atoms with Crippen LogP contribution in [0.1, 0.15) is 36.0 Å². The number of nitrogens with one attached hydrogen (secondary N) is 1. The molecule has 0 aromatic carbocycles. The maximum Gasteiger partial charge on any atom is 0.338 e. The third kappa shape index (κ3) is 3.66. The van der Waals surface area contributed by atoms with Crippen molar-refractivity contribution in [3.05, 3.63) is 18.0 Å². The molecule has 2 heterocycles. The molecule has 2 rings (SSSR count). The molecular formula is C12H17N3O3. The number of hydrogen-bond donors (Lipinski definition) is 2. The van der Waals surface area contributed by atoms with E-state index >= 15 is 0 Å². The number of aromatic nitrogens is 2. The van der Waals surface area contributed by atoms with Gasteiger partial charge in [-0.3, -0.25) is 0 Å². The van der Waals surface area contributed by atoms with Crippen molar-refractivity contribution in [2.45, 2.75) is 31.8 Å². The number of carboxylic acid groups (broad SMARTS) is 1. The Bertz CT molecular complexity index is 388. The molecule has 1 aliphatic heterocycles. The number of ether oxygens (including phenoxy) is 1. The zero-order valence-electron chi connectivity index (χ0n) is 10.1. The second kappa shape index (κ2) is 6.30. The molecule has 18 heavy (non-hydrogen) atoms. The Labute approximate surface area is 105 Å². The smallest absolute Gasteiger partial charge is 0.338 e. The number of rotatable bonds is 5. The van der Waals surface area contributed by atoms with Gasteiger partial charge in [-0.05, 0) is 25.7 Å². The monoisotopic (exact) mass is 251 g/mol. The van der Waals surface area contributed by atoms with Crippen LogP contribution in [0, 0.1) is 0 Å². The van der Waals surface area contributed by atoms with Crippen molar-refractivity contribution in [3.63, 3.8) is 0 Å². The average Bonchev–Trinajstić information content (AvgIpc) is 2.40. The molecule has 1 saturated heterocycles. The molecule has 1 aromatic heterocycles. The average molecular weight is 251 g/mol. The molecule has 0 bridgehead atoms. The molecule has 1 aliphatic rings. The Morgan fingerprint density at radius 2 is 2.22 bits per heavy atom. The first-order chi connectivity index (χ1) is 8.75. The predicted octanol–water partition coefficient (Wildman–Crippen LogP) is 1.55. The van der Waals surface area contributed by atoms with Gasteiger partial charge in [0, 0.05) is 25.5 Å². The lowest BCUT2D eigenvalue weighted by Gasteiger charge is -2.22. The summed E-state index contributed by atoms with van der Waals surface area (Å²) >= 11 is 0. The first kappa shape index (κ1) is 12.8. The molecule has 1 atom stereocenters. The van der Waals surface area contributed by atoms with E-state index in [1.54, 1.807) is 0 Å². The normalized spacial score (nSPS) is 19.4. The highest BCUT2D eigenvalue weighted by Crippen LogP contribution is 2.15. The molecule has 98 valence electrons. The zero-order valence-corrected chi connectivity index (χ0v) is 10.1. The van der Waals surface area contributed by atoms with Crippen LogP contribution in [0.3, 0.4) is 0 Å². The van der Waals surface area contributed by atoms with E-state index in [0.29, 0.717) is 12.1 Å². The van der Waals surface area contributed by atoms with Crippen molar-refractivity contribution >= 4 is 11.9 Å². The van der Waals surface area contributed by atoms with Crippen LogP contribution in [-0.2, 0) is 4.74 Å². The van der Waals surface area contributed by atoms with Crippen LogP contribution < -0.4 is 5.32 Å². The minimum Gasteiger partial charge on any atom is -0.478 e. The molecule has 0 radical (unpaired) electrons. The van der Waals surface area contributed by atoms with Gasteiger partial charge in [-0.1, -0.05) is 0 Å². The zero-order chi connectivity index (χ0) is 12.8. The second-order valence-electron chi connectivity index (χ2n) is 4.30. The fraction of sp³-hybridized carbons (Fsp3) is 0.583. The molecule has 1 fully saturated rings. The van der Waals surface area contributed by atoms with Gasteiger partial charge in [-0.2, -0.15) is 0 Å². The van der Waals surface area contributed by atoms with Crippen LogP contribution in [0.25, 0.3) is 0 Å². The Balaban J connectivity index is 1.74. The highest BCUT2D eigenvalue weighted by Gasteiger charge is 2.13. The molecular weight excluding hydrogens is 234 g/mol. The molecule has 0 aliphatic carbocycles. The quantitative estimate of drug-likeness (QED) is 0.825. The van der Waals surface area contributed by atoms with Crippen LogP contribution in [0.2, 0.25) is 0 Å². The van der Waals surface area contributed by atoms with Crippen LogP contribution in [0.4, 0.5) is 5.95 Å². The summed E-state index contributed by atoms with van der Waals surface area (Å²) < 4.78 is 5.61. The Morgan fingerprint density at radius 1 is 1.44 bits per heavy atom. The van der Waals surface area contributed by atoms with Gasteiger partial charge in [-0.15, -0.1) is 0 Å². The second-order valence-corrected chi connectivity index (χ2v) is 4.30. The summed E-state index contributed by atoms with van der Waals surface area (Å²) in [5.41, 5.74) is 0.0937. The number of anilines is 1. The van der Waals surface area contributed by atoms with Crippen molar-refractivity contribution in [1.29, 1.82) is 0 Å². The maximum atomic E-state index is 10.6. The van der Waals surface area contributed by atoms with E-state index < -0.39 is 5.97 Å². The summed E-state index contributed by atoms with van der Waals surface area (Å²) in [6.45, 7) is 1.59. The topological polar surface area (TPSA) is 84.3 Å². The van der Waals surface area contributed by atoms with Crippen molar-refractivity contribution in [3.8, 4) is 0 Å². The number of aromatic carboxylic acids is 1. The SMILES string of the molecule is O=C(O)c1cnc(NCCC2CCCCO2)nc1. The Hall–Kier alpha value is -1.69. The van der Waals surface area contributed by atoms with Crippen molar-refractivity contribution < 1.29 is 14.6 Å². The van der Waals surface area contributed by atoms with E-state index in [1.807, 2.05) is 0 Å². The van der Waals surface area contributed by atoms with Crippen LogP contribution in [-0.4, -0.2) is 40.3 Å². The molecule has 0 amide bonds. The molecule has 6 heteroatoms. The van der Waals surface area contributed by atoms with Gasteiger partial charge in [0.25, 0.3) is 0 Å². The minimum atomic E-state index is -1.02. The van der Waals surface area contributed by atoms with E-state index in [0.717, 1.165) is 32.4 Å². The molecule has 0 saturated carbocycles. The lowest BCUT2D eigenvalue weighted by Crippen LogP contribution is -2.22. The van der Waals surface area contributed by atoms with Crippen LogP contribution in [0.5, 0.6) is 0 Å². The standard InChI is InChI=1S/C12H17N3O3/c16-11(17)9-7-14-12(15-8-9)13-5-4-10-3-1-2-6-18-10/h7-8,10H,1-6H2,(H,16,17)(H,13,14,15). The number of nitrogens with zero attached hydrogens (tertiary/aromatic N) is 2. The summed E-state index contributed by atoms with van der Waals surface area (Å²) in [5, 5.41) is 11.8. The molecule has 2 N–H and O–H groups in total. The van der Waals surface area contributed by atoms with E-state index in [9.17, 15) is 4.79 Å². The van der Waals surface area contributed by atoms with Gasteiger partial charge in [-0.25, -0.2) is 14.8 Å². The predicted molar refractivity (Wildman–Crippen MR) is 65.7 cm³/mol. The van der Waals surface area contributed by atoms with Gasteiger partial charge < -0.3 is 15.2 Å². The number of carboxylic acids is 1. The Morgan fingerprint density at radius 3 is 2.83 bits per heavy atom. The minimum absolute atomic E-state index is 0.0937. The fourth-order valence-electron chi connectivity index (χ4n) is 1.91. The summed E-state index contributed by atoms with van der Waals surface area (Å²) in [4.78, 5) is 18.5. The van der Waals surface area contributed by atoms with Crippen LogP contribution in [0.15, 0.2) is 12.4 Å². The Kier molecular flexibility index (Phi) is 4.46. The highest BCUT2D eigenvalue weighted by molar-refractivity contribution is 5.86. The van der Waals surface area contributed by atoms with Gasteiger partial charge in [0.05, 0.1) is 11.7 Å². The maximum absolute atomic E-state index is 10.6. The summed E-state index contributed by atoms with van der Waals surface area (Å²) in [6.07, 6.45) is 7.34. The highest BCUT2D eigenvalue weighted by atomic mass is 16.5. The van der Waals surface area contributed by atoms with Crippen LogP contribution >= 0.6 is 0 Å². The van der Waals surface area contributed by atoms with Crippen molar-refractivity contribution in [1.82, 2.24) is 9.97 Å². The molecule has 0 spiro atoms. The van der Waals surface area contributed by atoms with Gasteiger partial charge in [0.2, 0.25) is 5.95 Å². The van der Waals surface area contributed by atoms with Crippen molar-refractivity contribution in [2.75, 3.05) is 18.5 Å². The number of hydrogen-bond acceptors (Lipinski definition) is 5. The summed E-state index contributed by atoms with van der Waals surface area (Å²) in [5.74, 6) is -0.562. The lowest BCUT2D eigenvalue weighted by molar-refractivity contribution is 0.0134. The third-order valence-corrected chi connectivity index (χ3v) is 2.92.